The maximum Gasteiger partial charge on any atom is 0.250 e. The van der Waals surface area contributed by atoms with Gasteiger partial charge >= 0.3 is 0 Å². The zero-order chi connectivity index (χ0) is 26.5. The van der Waals surface area contributed by atoms with Gasteiger partial charge in [-0.1, -0.05) is 16.8 Å². The van der Waals surface area contributed by atoms with E-state index in [9.17, 15) is 9.18 Å². The van der Waals surface area contributed by atoms with E-state index in [4.69, 9.17) is 26.4 Å². The Labute approximate surface area is 220 Å². The van der Waals surface area contributed by atoms with Crippen LogP contribution in [0.25, 0.3) is 22.5 Å². The van der Waals surface area contributed by atoms with Gasteiger partial charge < -0.3 is 14.6 Å². The number of aromatic nitrogens is 3. The van der Waals surface area contributed by atoms with Crippen LogP contribution in [0.2, 0.25) is 5.02 Å². The van der Waals surface area contributed by atoms with Gasteiger partial charge in [0.15, 0.2) is 0 Å². The number of anilines is 1. The molecule has 4 rings (SSSR count). The lowest BCUT2D eigenvalue weighted by Crippen LogP contribution is -2.48. The summed E-state index contributed by atoms with van der Waals surface area (Å²) in [6.45, 7) is 9.37. The topological polar surface area (TPSA) is 83.8 Å². The highest BCUT2D eigenvalue weighted by molar-refractivity contribution is 6.33. The van der Waals surface area contributed by atoms with E-state index in [1.807, 2.05) is 20.8 Å². The zero-order valence-corrected chi connectivity index (χ0v) is 22.0. The van der Waals surface area contributed by atoms with Crippen molar-refractivity contribution >= 4 is 29.0 Å². The second kappa shape index (κ2) is 11.5. The molecule has 0 aliphatic carbocycles. The number of oxime groups is 1. The molecule has 0 bridgehead atoms. The molecule has 1 amide bonds. The summed E-state index contributed by atoms with van der Waals surface area (Å²) in [5.74, 6) is 0.663. The van der Waals surface area contributed by atoms with Crippen LogP contribution in [0, 0.1) is 12.7 Å². The smallest absolute Gasteiger partial charge is 0.250 e. The number of aryl methyl sites for hydroxylation is 1. The molecular formula is C27H28ClFN6O2. The molecule has 0 spiro atoms. The largest absolute Gasteiger partial charge is 0.362 e. The SMILES string of the molecule is CC(C)=NO/C(C)=C/C(=O)N1CCN(c2cnc(-c3ccc(F)cc3C)c(-c3ccncc3Cl)n2)CC1. The average molecular weight is 523 g/mol. The summed E-state index contributed by atoms with van der Waals surface area (Å²) in [5.41, 5.74) is 4.15. The molecule has 0 radical (unpaired) electrons. The fraction of sp³-hybridized carbons (Fsp3) is 0.296. The molecule has 1 saturated heterocycles. The first kappa shape index (κ1) is 26.2. The van der Waals surface area contributed by atoms with Gasteiger partial charge in [0.05, 0.1) is 22.6 Å². The van der Waals surface area contributed by atoms with Gasteiger partial charge in [0, 0.05) is 55.8 Å². The van der Waals surface area contributed by atoms with Crippen LogP contribution in [0.3, 0.4) is 0 Å². The third-order valence-electron chi connectivity index (χ3n) is 5.85. The highest BCUT2D eigenvalue weighted by Crippen LogP contribution is 2.35. The van der Waals surface area contributed by atoms with Crippen molar-refractivity contribution in [2.24, 2.45) is 5.16 Å². The number of hydrogen-bond donors (Lipinski definition) is 0. The summed E-state index contributed by atoms with van der Waals surface area (Å²) in [5, 5.41) is 4.32. The minimum atomic E-state index is -0.313. The molecule has 1 fully saturated rings. The molecule has 37 heavy (non-hydrogen) atoms. The summed E-state index contributed by atoms with van der Waals surface area (Å²) < 4.78 is 13.8. The van der Waals surface area contributed by atoms with E-state index in [2.05, 4.69) is 15.0 Å². The fourth-order valence-electron chi connectivity index (χ4n) is 3.99. The fourth-order valence-corrected chi connectivity index (χ4v) is 4.20. The van der Waals surface area contributed by atoms with Gasteiger partial charge in [-0.15, -0.1) is 0 Å². The Morgan fingerprint density at radius 2 is 1.84 bits per heavy atom. The van der Waals surface area contributed by atoms with E-state index in [1.165, 1.54) is 18.2 Å². The van der Waals surface area contributed by atoms with Crippen LogP contribution in [0.4, 0.5) is 10.2 Å². The number of hydrogen-bond acceptors (Lipinski definition) is 7. The third kappa shape index (κ3) is 6.29. The Hall–Kier alpha value is -3.85. The van der Waals surface area contributed by atoms with Gasteiger partial charge in [-0.05, 0) is 57.5 Å². The van der Waals surface area contributed by atoms with E-state index in [0.29, 0.717) is 59.7 Å². The molecule has 1 aromatic carbocycles. The van der Waals surface area contributed by atoms with Crippen LogP contribution in [0.15, 0.2) is 59.8 Å². The second-order valence-electron chi connectivity index (χ2n) is 8.94. The van der Waals surface area contributed by atoms with Gasteiger partial charge in [0.25, 0.3) is 0 Å². The number of halogens is 2. The van der Waals surface area contributed by atoms with Gasteiger partial charge in [-0.25, -0.2) is 9.37 Å². The van der Waals surface area contributed by atoms with E-state index < -0.39 is 0 Å². The number of amides is 1. The zero-order valence-electron chi connectivity index (χ0n) is 21.2. The predicted octanol–water partition coefficient (Wildman–Crippen LogP) is 5.27. The van der Waals surface area contributed by atoms with E-state index >= 15 is 0 Å². The lowest BCUT2D eigenvalue weighted by molar-refractivity contribution is -0.126. The van der Waals surface area contributed by atoms with E-state index in [1.54, 1.807) is 42.5 Å². The average Bonchev–Trinajstić information content (AvgIpc) is 2.88. The molecule has 3 aromatic rings. The number of allylic oxidation sites excluding steroid dienone is 1. The molecule has 0 N–H and O–H groups in total. The van der Waals surface area contributed by atoms with Gasteiger partial charge in [-0.2, -0.15) is 0 Å². The first-order valence-electron chi connectivity index (χ1n) is 11.9. The summed E-state index contributed by atoms with van der Waals surface area (Å²) >= 11 is 6.48. The van der Waals surface area contributed by atoms with Crippen LogP contribution in [0.1, 0.15) is 26.3 Å². The Balaban J connectivity index is 1.58. The number of rotatable bonds is 6. The quantitative estimate of drug-likeness (QED) is 0.190. The van der Waals surface area contributed by atoms with Gasteiger partial charge in [-0.3, -0.25) is 14.8 Å². The van der Waals surface area contributed by atoms with E-state index in [-0.39, 0.29) is 11.7 Å². The molecule has 192 valence electrons. The van der Waals surface area contributed by atoms with Crippen molar-refractivity contribution in [1.29, 1.82) is 0 Å². The molecule has 0 unspecified atom stereocenters. The van der Waals surface area contributed by atoms with Gasteiger partial charge in [0.2, 0.25) is 5.91 Å². The van der Waals surface area contributed by atoms with Crippen LogP contribution in [-0.4, -0.2) is 57.6 Å². The van der Waals surface area contributed by atoms with Crippen molar-refractivity contribution in [3.05, 3.63) is 71.1 Å². The summed E-state index contributed by atoms with van der Waals surface area (Å²) in [6.07, 6.45) is 6.36. The summed E-state index contributed by atoms with van der Waals surface area (Å²) in [4.78, 5) is 35.5. The van der Waals surface area contributed by atoms with Crippen LogP contribution >= 0.6 is 11.6 Å². The summed E-state index contributed by atoms with van der Waals surface area (Å²) in [7, 11) is 0. The highest BCUT2D eigenvalue weighted by atomic mass is 35.5. The summed E-state index contributed by atoms with van der Waals surface area (Å²) in [6, 6.07) is 6.36. The van der Waals surface area contributed by atoms with Crippen molar-refractivity contribution in [2.45, 2.75) is 27.7 Å². The van der Waals surface area contributed by atoms with E-state index in [0.717, 1.165) is 16.8 Å². The van der Waals surface area contributed by atoms with Crippen molar-refractivity contribution < 1.29 is 14.0 Å². The van der Waals surface area contributed by atoms with Crippen LogP contribution in [-0.2, 0) is 9.63 Å². The first-order chi connectivity index (χ1) is 17.7. The van der Waals surface area contributed by atoms with Crippen molar-refractivity contribution in [3.63, 3.8) is 0 Å². The normalized spacial score (nSPS) is 13.9. The number of carbonyl (C=O) groups is 1. The Kier molecular flexibility index (Phi) is 8.13. The monoisotopic (exact) mass is 522 g/mol. The second-order valence-corrected chi connectivity index (χ2v) is 9.34. The molecule has 10 heteroatoms. The van der Waals surface area contributed by atoms with Crippen molar-refractivity contribution in [1.82, 2.24) is 19.9 Å². The molecule has 0 atom stereocenters. The Morgan fingerprint density at radius 1 is 1.08 bits per heavy atom. The van der Waals surface area contributed by atoms with Crippen molar-refractivity contribution in [2.75, 3.05) is 31.1 Å². The number of pyridine rings is 1. The molecule has 8 nitrogen and oxygen atoms in total. The number of carbonyl (C=O) groups excluding carboxylic acids is 1. The third-order valence-corrected chi connectivity index (χ3v) is 6.15. The predicted molar refractivity (Wildman–Crippen MR) is 143 cm³/mol. The molecular weight excluding hydrogens is 495 g/mol. The molecule has 3 heterocycles. The Morgan fingerprint density at radius 3 is 2.51 bits per heavy atom. The van der Waals surface area contributed by atoms with Gasteiger partial charge in [0.1, 0.15) is 23.1 Å². The maximum atomic E-state index is 13.8. The molecule has 2 aromatic heterocycles. The first-order valence-corrected chi connectivity index (χ1v) is 12.2. The Bertz CT molecular complexity index is 1360. The number of nitrogens with zero attached hydrogens (tertiary/aromatic N) is 6. The molecule has 0 saturated carbocycles. The standard InChI is InChI=1S/C27H28ClFN6O2/c1-17(2)33-37-19(4)14-25(36)35-11-9-34(10-12-35)24-16-31-26(21-6-5-20(29)13-18(21)3)27(32-24)22-7-8-30-15-23(22)28/h5-8,13-16H,9-12H2,1-4H3/b19-14+. The lowest BCUT2D eigenvalue weighted by atomic mass is 10.0. The molecule has 1 aliphatic rings. The van der Waals surface area contributed by atoms with Crippen LogP contribution in [0.5, 0.6) is 0 Å². The minimum Gasteiger partial charge on any atom is -0.362 e. The van der Waals surface area contributed by atoms with Crippen LogP contribution < -0.4 is 4.90 Å². The highest BCUT2D eigenvalue weighted by Gasteiger charge is 2.24. The number of piperazine rings is 1. The molecule has 1 aliphatic heterocycles. The number of benzene rings is 1. The lowest BCUT2D eigenvalue weighted by Gasteiger charge is -2.35. The minimum absolute atomic E-state index is 0.126. The maximum absolute atomic E-state index is 13.8. The van der Waals surface area contributed by atoms with Crippen molar-refractivity contribution in [3.8, 4) is 22.5 Å².